The molecule has 308 valence electrons. The van der Waals surface area contributed by atoms with E-state index in [4.69, 9.17) is 25.9 Å². The Morgan fingerprint density at radius 3 is 1.27 bits per heavy atom. The Kier molecular flexibility index (Phi) is 6.29. The molecule has 2 saturated carbocycles. The summed E-state index contributed by atoms with van der Waals surface area (Å²) >= 11 is 0. The van der Waals surface area contributed by atoms with Crippen LogP contribution in [0, 0.1) is 0 Å². The molecule has 0 atom stereocenters. The van der Waals surface area contributed by atoms with Gasteiger partial charge in [-0.25, -0.2) is 0 Å². The van der Waals surface area contributed by atoms with Gasteiger partial charge in [-0.15, -0.1) is 0 Å². The van der Waals surface area contributed by atoms with Crippen molar-refractivity contribution in [3.63, 3.8) is 0 Å². The Balaban J connectivity index is 1.24. The Bertz CT molecular complexity index is 3860. The monoisotopic (exact) mass is 849 g/mol. The third-order valence-corrected chi connectivity index (χ3v) is 19.9. The van der Waals surface area contributed by atoms with E-state index in [1.807, 2.05) is 30.3 Å². The zero-order valence-electron chi connectivity index (χ0n) is 50.5. The molecular weight excluding hydrogens is 783 g/mol. The van der Waals surface area contributed by atoms with E-state index >= 15 is 0 Å². The molecule has 12 rings (SSSR count). The van der Waals surface area contributed by atoms with Crippen LogP contribution in [0.25, 0.3) is 78.0 Å². The SMILES string of the molecule is [2H]c1c([2H])c([2H])c2c(c1[2H])c1c([2H])c([2H])c([2H])c([2H])c1n2-c1nc(-c2cccc([Si](c3cccc(-c4ccccc4)c3)(C3CCCCC3)C3CCCCC3)c2)nc(-n2c3c([2H])c([2H])c([2H])c([2H])c3c3c([2H])c([2H])c([2H])c([2H])c32)n1. The van der Waals surface area contributed by atoms with Gasteiger partial charge in [-0.1, -0.05) is 226 Å². The maximum atomic E-state index is 9.39. The van der Waals surface area contributed by atoms with Crippen LogP contribution in [0.4, 0.5) is 0 Å². The molecule has 3 aromatic heterocycles. The molecule has 10 aromatic rings. The van der Waals surface area contributed by atoms with Crippen molar-refractivity contribution in [2.75, 3.05) is 0 Å². The summed E-state index contributed by atoms with van der Waals surface area (Å²) in [6.45, 7) is 0. The summed E-state index contributed by atoms with van der Waals surface area (Å²) in [7, 11) is -2.87. The van der Waals surface area contributed by atoms with Crippen molar-refractivity contribution in [2.24, 2.45) is 0 Å². The summed E-state index contributed by atoms with van der Waals surface area (Å²) in [4.78, 5) is 15.2. The van der Waals surface area contributed by atoms with Gasteiger partial charge < -0.3 is 0 Å². The molecule has 7 aromatic carbocycles. The van der Waals surface area contributed by atoms with Gasteiger partial charge in [-0.05, 0) is 46.4 Å². The summed E-state index contributed by atoms with van der Waals surface area (Å²) in [5.74, 6) is -0.852. The number of hydrogen-bond donors (Lipinski definition) is 0. The van der Waals surface area contributed by atoms with E-state index in [1.165, 1.54) is 5.19 Å². The quantitative estimate of drug-likeness (QED) is 0.143. The van der Waals surface area contributed by atoms with Gasteiger partial charge in [0.25, 0.3) is 0 Å². The molecule has 0 bridgehead atoms. The van der Waals surface area contributed by atoms with Crippen molar-refractivity contribution >= 4 is 62.1 Å². The third-order valence-electron chi connectivity index (χ3n) is 13.6. The van der Waals surface area contributed by atoms with Crippen LogP contribution >= 0.6 is 0 Å². The first-order valence-corrected chi connectivity index (χ1v) is 24.1. The zero-order valence-corrected chi connectivity index (χ0v) is 35.5. The number of fused-ring (bicyclic) bond motifs is 6. The highest BCUT2D eigenvalue weighted by Gasteiger charge is 2.50. The molecule has 3 heterocycles. The fraction of sp³-hybridized carbons (Fsp3) is 0.211. The van der Waals surface area contributed by atoms with Crippen LogP contribution < -0.4 is 10.4 Å². The number of aromatic nitrogens is 5. The molecule has 2 aliphatic rings. The minimum absolute atomic E-state index is 0.0385. The molecule has 0 unspecified atom stereocenters. The summed E-state index contributed by atoms with van der Waals surface area (Å²) < 4.78 is 147. The average molecular weight is 850 g/mol. The molecule has 0 amide bonds. The first kappa shape index (κ1) is 24.9. The van der Waals surface area contributed by atoms with Crippen LogP contribution in [0.3, 0.4) is 0 Å². The minimum atomic E-state index is -2.87. The van der Waals surface area contributed by atoms with E-state index in [0.29, 0.717) is 16.6 Å². The van der Waals surface area contributed by atoms with Gasteiger partial charge in [0.15, 0.2) is 5.82 Å². The molecule has 2 aliphatic carbocycles. The second-order valence-electron chi connectivity index (χ2n) is 16.9. The molecule has 0 saturated heterocycles. The van der Waals surface area contributed by atoms with Gasteiger partial charge in [-0.2, -0.15) is 15.0 Å². The normalized spacial score (nSPS) is 19.0. The molecular formula is C57H51N5Si. The lowest BCUT2D eigenvalue weighted by Crippen LogP contribution is -2.65. The van der Waals surface area contributed by atoms with E-state index in [1.54, 1.807) is 0 Å². The molecule has 0 aliphatic heterocycles. The van der Waals surface area contributed by atoms with Crippen LogP contribution in [0.5, 0.6) is 0 Å². The summed E-state index contributed by atoms with van der Waals surface area (Å²) in [6.07, 6.45) is 10.9. The highest BCUT2D eigenvalue weighted by atomic mass is 28.3. The Morgan fingerprint density at radius 1 is 0.413 bits per heavy atom. The highest BCUT2D eigenvalue weighted by Crippen LogP contribution is 2.48. The molecule has 2 fully saturated rings. The number of nitrogens with zero attached hydrogens (tertiary/aromatic N) is 5. The van der Waals surface area contributed by atoms with Gasteiger partial charge in [0, 0.05) is 27.1 Å². The summed E-state index contributed by atoms with van der Waals surface area (Å²) in [5.41, 5.74) is 2.30. The van der Waals surface area contributed by atoms with Crippen LogP contribution in [-0.4, -0.2) is 32.2 Å². The number of benzene rings is 7. The van der Waals surface area contributed by atoms with Gasteiger partial charge >= 0.3 is 0 Å². The number of rotatable bonds is 8. The Hall–Kier alpha value is -6.63. The molecule has 63 heavy (non-hydrogen) atoms. The molecule has 5 nitrogen and oxygen atoms in total. The van der Waals surface area contributed by atoms with E-state index in [0.717, 1.165) is 89.7 Å². The first-order chi connectivity index (χ1) is 37.9. The lowest BCUT2D eigenvalue weighted by molar-refractivity contribution is 0.459. The highest BCUT2D eigenvalue weighted by molar-refractivity contribution is 7.04. The van der Waals surface area contributed by atoms with Crippen molar-refractivity contribution in [2.45, 2.75) is 75.3 Å². The van der Waals surface area contributed by atoms with E-state index in [-0.39, 0.29) is 49.4 Å². The first-order valence-electron chi connectivity index (χ1n) is 29.9. The maximum Gasteiger partial charge on any atom is 0.240 e. The van der Waals surface area contributed by atoms with Crippen molar-refractivity contribution in [1.82, 2.24) is 24.1 Å². The van der Waals surface area contributed by atoms with Crippen molar-refractivity contribution in [3.8, 4) is 34.4 Å². The van der Waals surface area contributed by atoms with Crippen molar-refractivity contribution in [3.05, 3.63) is 176 Å². The summed E-state index contributed by atoms with van der Waals surface area (Å²) in [5, 5.41) is 1.56. The van der Waals surface area contributed by atoms with E-state index in [2.05, 4.69) is 48.5 Å². The standard InChI is InChI=1S/C57H51N5Si/c1-4-20-40(21-5-1)41-22-18-28-45(38-41)63(43-24-6-2-7-25-43,44-26-8-3-9-27-44)46-29-19-23-42(39-46)55-58-56(61-51-34-14-10-30-47(51)48-31-11-15-35-52(48)61)60-57(59-55)62-53-36-16-12-32-49(53)50-33-13-17-37-54(50)62/h1,4-5,10-23,28-39,43-44H,2-3,6-9,24-27H2/i10D,11D,12D,13D,14D,15D,16D,17D,30D,31D,32D,33D,34D,35D,36D,37D. The minimum Gasteiger partial charge on any atom is -0.278 e. The number of para-hydroxylation sites is 4. The van der Waals surface area contributed by atoms with Crippen LogP contribution in [0.2, 0.25) is 11.1 Å². The second-order valence-corrected chi connectivity index (χ2v) is 21.4. The smallest absolute Gasteiger partial charge is 0.240 e. The zero-order chi connectivity index (χ0) is 55.7. The van der Waals surface area contributed by atoms with Crippen LogP contribution in [-0.2, 0) is 0 Å². The lowest BCUT2D eigenvalue weighted by Gasteiger charge is -2.49. The van der Waals surface area contributed by atoms with Crippen molar-refractivity contribution in [1.29, 1.82) is 0 Å². The predicted molar refractivity (Wildman–Crippen MR) is 265 cm³/mol. The number of hydrogen-bond acceptors (Lipinski definition) is 3. The van der Waals surface area contributed by atoms with E-state index in [9.17, 15) is 11.0 Å². The van der Waals surface area contributed by atoms with Gasteiger partial charge in [-0.3, -0.25) is 9.13 Å². The van der Waals surface area contributed by atoms with Gasteiger partial charge in [0.1, 0.15) is 8.07 Å². The Morgan fingerprint density at radius 2 is 0.810 bits per heavy atom. The molecule has 0 spiro atoms. The van der Waals surface area contributed by atoms with Crippen LogP contribution in [0.1, 0.15) is 86.1 Å². The molecule has 6 heteroatoms. The topological polar surface area (TPSA) is 48.5 Å². The fourth-order valence-corrected chi connectivity index (χ4v) is 18.0. The largest absolute Gasteiger partial charge is 0.278 e. The summed E-state index contributed by atoms with van der Waals surface area (Å²) in [6, 6.07) is 17.5. The lowest BCUT2D eigenvalue weighted by atomic mass is 9.99. The molecule has 0 N–H and O–H groups in total. The predicted octanol–water partition coefficient (Wildman–Crippen LogP) is 13.6. The van der Waals surface area contributed by atoms with E-state index < -0.39 is 117 Å². The van der Waals surface area contributed by atoms with Crippen LogP contribution in [0.15, 0.2) is 176 Å². The molecule has 0 radical (unpaired) electrons. The fourth-order valence-electron chi connectivity index (χ4n) is 11.0. The second kappa shape index (κ2) is 15.9. The maximum absolute atomic E-state index is 9.39. The Labute approximate surface area is 392 Å². The van der Waals surface area contributed by atoms with Gasteiger partial charge in [0.05, 0.1) is 44.0 Å². The third kappa shape index (κ3) is 6.37. The van der Waals surface area contributed by atoms with Crippen molar-refractivity contribution < 1.29 is 21.9 Å². The average Bonchev–Trinajstić information content (AvgIpc) is 3.36. The van der Waals surface area contributed by atoms with Gasteiger partial charge in [0.2, 0.25) is 11.9 Å².